The lowest BCUT2D eigenvalue weighted by molar-refractivity contribution is -0.137. The molecular formula is C20H41NO10. The van der Waals surface area contributed by atoms with E-state index in [0.29, 0.717) is 119 Å². The Hall–Kier alpha value is -0.890. The Balaban J connectivity index is 3.00. The third-order valence-electron chi connectivity index (χ3n) is 3.55. The zero-order chi connectivity index (χ0) is 22.7. The molecule has 0 fully saturated rings. The van der Waals surface area contributed by atoms with E-state index in [1.807, 2.05) is 0 Å². The Labute approximate surface area is 185 Å². The molecule has 11 nitrogen and oxygen atoms in total. The molecular weight excluding hydrogens is 414 g/mol. The van der Waals surface area contributed by atoms with Gasteiger partial charge in [0.25, 0.3) is 0 Å². The molecule has 0 spiro atoms. The first-order valence-corrected chi connectivity index (χ1v) is 10.8. The summed E-state index contributed by atoms with van der Waals surface area (Å²) in [6.07, 6.45) is 0.639. The number of hydrogen-bond acceptors (Lipinski definition) is 10. The molecule has 0 amide bonds. The average Bonchev–Trinajstić information content (AvgIpc) is 2.76. The van der Waals surface area contributed by atoms with Gasteiger partial charge in [-0.3, -0.25) is 4.79 Å². The van der Waals surface area contributed by atoms with Gasteiger partial charge in [-0.25, -0.2) is 0 Å². The minimum absolute atomic E-state index is 0.126. The Kier molecular flexibility index (Phi) is 26.4. The molecule has 0 aliphatic carbocycles. The number of nitrogens with two attached hydrogens (primary N) is 1. The van der Waals surface area contributed by atoms with Crippen molar-refractivity contribution in [3.05, 3.63) is 0 Å². The van der Waals surface area contributed by atoms with Crippen LogP contribution in [0.3, 0.4) is 0 Å². The van der Waals surface area contributed by atoms with Gasteiger partial charge >= 0.3 is 5.97 Å². The maximum atomic E-state index is 10.3. The van der Waals surface area contributed by atoms with Gasteiger partial charge in [0.15, 0.2) is 0 Å². The summed E-state index contributed by atoms with van der Waals surface area (Å²) in [4.78, 5) is 10.3. The molecule has 0 saturated carbocycles. The molecule has 0 rings (SSSR count). The Morgan fingerprint density at radius 2 is 0.742 bits per heavy atom. The third kappa shape index (κ3) is 29.1. The third-order valence-corrected chi connectivity index (χ3v) is 3.55. The Morgan fingerprint density at radius 1 is 0.484 bits per heavy atom. The summed E-state index contributed by atoms with van der Waals surface area (Å²) >= 11 is 0. The zero-order valence-electron chi connectivity index (χ0n) is 18.6. The molecule has 0 aromatic carbocycles. The van der Waals surface area contributed by atoms with E-state index < -0.39 is 5.97 Å². The minimum atomic E-state index is -0.808. The molecule has 31 heavy (non-hydrogen) atoms. The van der Waals surface area contributed by atoms with E-state index in [1.54, 1.807) is 0 Å². The fourth-order valence-corrected chi connectivity index (χ4v) is 2.05. The van der Waals surface area contributed by atoms with Crippen molar-refractivity contribution in [3.63, 3.8) is 0 Å². The number of carboxylic acid groups (broad SMARTS) is 1. The van der Waals surface area contributed by atoms with Crippen LogP contribution in [-0.2, 0) is 42.7 Å². The molecule has 11 heteroatoms. The first-order valence-electron chi connectivity index (χ1n) is 10.8. The van der Waals surface area contributed by atoms with Gasteiger partial charge in [-0.2, -0.15) is 0 Å². The molecule has 0 saturated heterocycles. The van der Waals surface area contributed by atoms with Crippen LogP contribution in [0, 0.1) is 0 Å². The van der Waals surface area contributed by atoms with E-state index in [9.17, 15) is 4.79 Å². The van der Waals surface area contributed by atoms with Crippen molar-refractivity contribution in [2.24, 2.45) is 5.73 Å². The van der Waals surface area contributed by atoms with Gasteiger partial charge in [0.05, 0.1) is 99.1 Å². The number of ether oxygens (including phenoxy) is 8. The maximum Gasteiger partial charge on any atom is 0.303 e. The number of rotatable bonds is 27. The number of carbonyl (C=O) groups is 1. The predicted molar refractivity (Wildman–Crippen MR) is 112 cm³/mol. The van der Waals surface area contributed by atoms with Gasteiger partial charge in [0.2, 0.25) is 0 Å². The molecule has 0 heterocycles. The summed E-state index contributed by atoms with van der Waals surface area (Å²) in [5, 5.41) is 8.48. The summed E-state index contributed by atoms with van der Waals surface area (Å²) in [5.74, 6) is -0.808. The molecule has 3 N–H and O–H groups in total. The van der Waals surface area contributed by atoms with Crippen molar-refractivity contribution in [1.29, 1.82) is 0 Å². The van der Waals surface area contributed by atoms with E-state index in [0.717, 1.165) is 0 Å². The van der Waals surface area contributed by atoms with E-state index >= 15 is 0 Å². The fourth-order valence-electron chi connectivity index (χ4n) is 2.05. The smallest absolute Gasteiger partial charge is 0.303 e. The van der Waals surface area contributed by atoms with Crippen molar-refractivity contribution in [1.82, 2.24) is 0 Å². The first kappa shape index (κ1) is 30.1. The van der Waals surface area contributed by atoms with Crippen LogP contribution in [0.25, 0.3) is 0 Å². The monoisotopic (exact) mass is 455 g/mol. The second-order valence-electron chi connectivity index (χ2n) is 6.18. The first-order chi connectivity index (χ1) is 15.3. The quantitative estimate of drug-likeness (QED) is 0.161. The van der Waals surface area contributed by atoms with E-state index in [2.05, 4.69) is 0 Å². The highest BCUT2D eigenvalue weighted by Gasteiger charge is 1.97. The second kappa shape index (κ2) is 27.1. The summed E-state index contributed by atoms with van der Waals surface area (Å²) in [6.45, 7) is 8.58. The van der Waals surface area contributed by atoms with Crippen LogP contribution in [0.5, 0.6) is 0 Å². The predicted octanol–water partition coefficient (Wildman–Crippen LogP) is -0.0573. The van der Waals surface area contributed by atoms with Crippen LogP contribution in [0.2, 0.25) is 0 Å². The molecule has 0 aromatic heterocycles. The lowest BCUT2D eigenvalue weighted by atomic mass is 10.3. The van der Waals surface area contributed by atoms with Crippen LogP contribution < -0.4 is 5.73 Å². The number of aliphatic carboxylic acids is 1. The highest BCUT2D eigenvalue weighted by atomic mass is 16.6. The van der Waals surface area contributed by atoms with Gasteiger partial charge < -0.3 is 48.7 Å². The topological polar surface area (TPSA) is 137 Å². The summed E-state index contributed by atoms with van der Waals surface area (Å²) in [6, 6.07) is 0. The highest BCUT2D eigenvalue weighted by Crippen LogP contribution is 1.90. The Morgan fingerprint density at radius 3 is 1.00 bits per heavy atom. The second-order valence-corrected chi connectivity index (χ2v) is 6.18. The van der Waals surface area contributed by atoms with Crippen LogP contribution in [-0.4, -0.2) is 123 Å². The van der Waals surface area contributed by atoms with Crippen LogP contribution in [0.15, 0.2) is 0 Å². The number of carboxylic acids is 1. The molecule has 0 bridgehead atoms. The van der Waals surface area contributed by atoms with Crippen LogP contribution in [0.4, 0.5) is 0 Å². The lowest BCUT2D eigenvalue weighted by Gasteiger charge is -2.08. The van der Waals surface area contributed by atoms with Crippen LogP contribution in [0.1, 0.15) is 12.8 Å². The van der Waals surface area contributed by atoms with Gasteiger partial charge in [0, 0.05) is 19.6 Å². The largest absolute Gasteiger partial charge is 0.481 e. The maximum absolute atomic E-state index is 10.3. The molecule has 0 aromatic rings. The Bertz CT molecular complexity index is 363. The van der Waals surface area contributed by atoms with Gasteiger partial charge in [-0.1, -0.05) is 0 Å². The molecule has 0 atom stereocenters. The van der Waals surface area contributed by atoms with Gasteiger partial charge in [-0.05, 0) is 6.42 Å². The average molecular weight is 456 g/mol. The van der Waals surface area contributed by atoms with Gasteiger partial charge in [-0.15, -0.1) is 0 Å². The highest BCUT2D eigenvalue weighted by molar-refractivity contribution is 5.66. The van der Waals surface area contributed by atoms with Crippen molar-refractivity contribution < 1.29 is 47.8 Å². The summed E-state index contributed by atoms with van der Waals surface area (Å²) in [7, 11) is 0. The van der Waals surface area contributed by atoms with E-state index in [-0.39, 0.29) is 6.42 Å². The number of hydrogen-bond donors (Lipinski definition) is 2. The fraction of sp³-hybridized carbons (Fsp3) is 0.950. The summed E-state index contributed by atoms with van der Waals surface area (Å²) < 4.78 is 42.7. The van der Waals surface area contributed by atoms with Crippen molar-refractivity contribution >= 4 is 5.97 Å². The summed E-state index contributed by atoms with van der Waals surface area (Å²) in [5.41, 5.74) is 5.30. The van der Waals surface area contributed by atoms with Crippen molar-refractivity contribution in [3.8, 4) is 0 Å². The van der Waals surface area contributed by atoms with Crippen LogP contribution >= 0.6 is 0 Å². The minimum Gasteiger partial charge on any atom is -0.481 e. The zero-order valence-corrected chi connectivity index (χ0v) is 18.6. The van der Waals surface area contributed by atoms with E-state index in [4.69, 9.17) is 48.7 Å². The molecule has 0 aliphatic rings. The standard InChI is InChI=1S/C20H41NO10/c21-3-5-25-7-9-27-11-13-29-15-17-31-19-18-30-16-14-28-12-10-26-8-6-24-4-1-2-20(22)23/h1-19,21H2,(H,22,23). The van der Waals surface area contributed by atoms with Crippen molar-refractivity contribution in [2.75, 3.05) is 112 Å². The normalized spacial score (nSPS) is 11.3. The van der Waals surface area contributed by atoms with E-state index in [1.165, 1.54) is 0 Å². The lowest BCUT2D eigenvalue weighted by Crippen LogP contribution is -2.15. The SMILES string of the molecule is NCCOCCOCCOCCOCCOCCOCCOCCOCCCC(=O)O. The molecule has 0 unspecified atom stereocenters. The van der Waals surface area contributed by atoms with Gasteiger partial charge in [0.1, 0.15) is 0 Å². The molecule has 0 aliphatic heterocycles. The molecule has 186 valence electrons. The van der Waals surface area contributed by atoms with Crippen molar-refractivity contribution in [2.45, 2.75) is 12.8 Å². The molecule has 0 radical (unpaired) electrons.